The number of aromatic hydroxyl groups is 1. The Kier molecular flexibility index (Phi) is 6.75. The maximum absolute atomic E-state index is 12.7. The second kappa shape index (κ2) is 8.58. The number of ether oxygens (including phenoxy) is 1. The first-order chi connectivity index (χ1) is 11.5. The quantitative estimate of drug-likeness (QED) is 0.789. The summed E-state index contributed by atoms with van der Waals surface area (Å²) in [5.41, 5.74) is 0.988. The van der Waals surface area contributed by atoms with Crippen molar-refractivity contribution < 1.29 is 14.6 Å². The minimum Gasteiger partial charge on any atom is -0.504 e. The van der Waals surface area contributed by atoms with Gasteiger partial charge in [-0.15, -0.1) is 0 Å². The van der Waals surface area contributed by atoms with Crippen LogP contribution in [0.25, 0.3) is 0 Å². The third kappa shape index (κ3) is 3.95. The van der Waals surface area contributed by atoms with Gasteiger partial charge in [0, 0.05) is 12.6 Å². The van der Waals surface area contributed by atoms with Gasteiger partial charge in [0.15, 0.2) is 11.5 Å². The number of carbonyl (C=O) groups excluding carboxylic acids is 1. The van der Waals surface area contributed by atoms with E-state index in [0.29, 0.717) is 24.0 Å². The topological polar surface area (TPSA) is 61.8 Å². The maximum atomic E-state index is 12.7. The van der Waals surface area contributed by atoms with Gasteiger partial charge in [-0.1, -0.05) is 31.9 Å². The summed E-state index contributed by atoms with van der Waals surface area (Å²) >= 11 is 6.43. The summed E-state index contributed by atoms with van der Waals surface area (Å²) in [7, 11) is 1.43. The molecule has 2 N–H and O–H groups in total. The fraction of sp³-hybridized carbons (Fsp3) is 0.611. The van der Waals surface area contributed by atoms with Gasteiger partial charge in [-0.2, -0.15) is 0 Å². The zero-order chi connectivity index (χ0) is 17.7. The molecule has 134 valence electrons. The molecule has 0 bridgehead atoms. The zero-order valence-electron chi connectivity index (χ0n) is 14.7. The number of methoxy groups -OCH3 is 1. The molecule has 1 amide bonds. The lowest BCUT2D eigenvalue weighted by molar-refractivity contribution is 0.0937. The zero-order valence-corrected chi connectivity index (χ0v) is 15.4. The Hall–Kier alpha value is -1.46. The molecular weight excluding hydrogens is 328 g/mol. The SMILES string of the molecule is CCCc1cc(O)c(OC)c(C(=O)NC[C@@H]2CCCN2CC)c1Cl. The third-order valence-electron chi connectivity index (χ3n) is 4.63. The predicted molar refractivity (Wildman–Crippen MR) is 96.3 cm³/mol. The van der Waals surface area contributed by atoms with E-state index in [1.165, 1.54) is 7.11 Å². The highest BCUT2D eigenvalue weighted by Crippen LogP contribution is 2.38. The molecular formula is C18H27ClN2O3. The van der Waals surface area contributed by atoms with Crippen molar-refractivity contribution in [1.29, 1.82) is 0 Å². The largest absolute Gasteiger partial charge is 0.504 e. The summed E-state index contributed by atoms with van der Waals surface area (Å²) in [5.74, 6) is -0.212. The fourth-order valence-corrected chi connectivity index (χ4v) is 3.71. The van der Waals surface area contributed by atoms with Crippen LogP contribution in [-0.4, -0.2) is 48.7 Å². The smallest absolute Gasteiger partial charge is 0.256 e. The molecule has 0 aromatic heterocycles. The summed E-state index contributed by atoms with van der Waals surface area (Å²) < 4.78 is 5.22. The highest BCUT2D eigenvalue weighted by atomic mass is 35.5. The van der Waals surface area contributed by atoms with Crippen molar-refractivity contribution >= 4 is 17.5 Å². The van der Waals surface area contributed by atoms with Crippen molar-refractivity contribution in [2.45, 2.75) is 45.6 Å². The highest BCUT2D eigenvalue weighted by Gasteiger charge is 2.26. The highest BCUT2D eigenvalue weighted by molar-refractivity contribution is 6.35. The van der Waals surface area contributed by atoms with Crippen molar-refractivity contribution in [3.8, 4) is 11.5 Å². The molecule has 0 spiro atoms. The van der Waals surface area contributed by atoms with Crippen LogP contribution in [0.3, 0.4) is 0 Å². The Labute approximate surface area is 148 Å². The first-order valence-corrected chi connectivity index (χ1v) is 9.01. The van der Waals surface area contributed by atoms with Gasteiger partial charge in [-0.25, -0.2) is 0 Å². The Balaban J connectivity index is 2.21. The van der Waals surface area contributed by atoms with E-state index in [1.54, 1.807) is 6.07 Å². The van der Waals surface area contributed by atoms with Gasteiger partial charge in [0.25, 0.3) is 5.91 Å². The van der Waals surface area contributed by atoms with E-state index in [-0.39, 0.29) is 23.0 Å². The monoisotopic (exact) mass is 354 g/mol. The van der Waals surface area contributed by atoms with Crippen LogP contribution >= 0.6 is 11.6 Å². The van der Waals surface area contributed by atoms with E-state index in [4.69, 9.17) is 16.3 Å². The average molecular weight is 355 g/mol. The lowest BCUT2D eigenvalue weighted by atomic mass is 10.0. The fourth-order valence-electron chi connectivity index (χ4n) is 3.38. The van der Waals surface area contributed by atoms with Gasteiger partial charge in [0.2, 0.25) is 0 Å². The molecule has 0 unspecified atom stereocenters. The van der Waals surface area contributed by atoms with Crippen LogP contribution in [0.2, 0.25) is 5.02 Å². The summed E-state index contributed by atoms with van der Waals surface area (Å²) in [5, 5.41) is 13.5. The molecule has 1 aromatic rings. The lowest BCUT2D eigenvalue weighted by Gasteiger charge is -2.23. The minimum absolute atomic E-state index is 0.0495. The number of rotatable bonds is 7. The van der Waals surface area contributed by atoms with Gasteiger partial charge in [-0.05, 0) is 44.0 Å². The number of likely N-dealkylation sites (N-methyl/N-ethyl adjacent to an activating group) is 1. The summed E-state index contributed by atoms with van der Waals surface area (Å²) in [4.78, 5) is 15.1. The van der Waals surface area contributed by atoms with Crippen LogP contribution in [0.1, 0.15) is 49.0 Å². The molecule has 0 saturated carbocycles. The lowest BCUT2D eigenvalue weighted by Crippen LogP contribution is -2.40. The van der Waals surface area contributed by atoms with Crippen molar-refractivity contribution in [1.82, 2.24) is 10.2 Å². The molecule has 1 saturated heterocycles. The molecule has 24 heavy (non-hydrogen) atoms. The van der Waals surface area contributed by atoms with Gasteiger partial charge in [0.05, 0.1) is 12.1 Å². The van der Waals surface area contributed by atoms with E-state index >= 15 is 0 Å². The van der Waals surface area contributed by atoms with Gasteiger partial charge in [-0.3, -0.25) is 9.69 Å². The van der Waals surface area contributed by atoms with Crippen LogP contribution < -0.4 is 10.1 Å². The first kappa shape index (κ1) is 18.9. The van der Waals surface area contributed by atoms with Crippen LogP contribution in [0, 0.1) is 0 Å². The molecule has 1 aromatic carbocycles. The molecule has 1 fully saturated rings. The minimum atomic E-state index is -0.298. The number of benzene rings is 1. The first-order valence-electron chi connectivity index (χ1n) is 8.63. The van der Waals surface area contributed by atoms with E-state index in [0.717, 1.165) is 37.9 Å². The van der Waals surface area contributed by atoms with E-state index < -0.39 is 0 Å². The number of hydrogen-bond donors (Lipinski definition) is 2. The number of halogens is 1. The number of phenols is 1. The third-order valence-corrected chi connectivity index (χ3v) is 5.06. The van der Waals surface area contributed by atoms with Gasteiger partial charge >= 0.3 is 0 Å². The number of carbonyl (C=O) groups is 1. The number of phenolic OH excluding ortho intramolecular Hbond substituents is 1. The Morgan fingerprint density at radius 2 is 2.25 bits per heavy atom. The molecule has 0 aliphatic carbocycles. The molecule has 1 heterocycles. The average Bonchev–Trinajstić information content (AvgIpc) is 3.03. The Morgan fingerprint density at radius 1 is 1.50 bits per heavy atom. The van der Waals surface area contributed by atoms with Crippen LogP contribution in [0.15, 0.2) is 6.07 Å². The summed E-state index contributed by atoms with van der Waals surface area (Å²) in [6, 6.07) is 1.94. The van der Waals surface area contributed by atoms with Crippen LogP contribution in [0.4, 0.5) is 0 Å². The Bertz CT molecular complexity index is 592. The number of hydrogen-bond acceptors (Lipinski definition) is 4. The van der Waals surface area contributed by atoms with Crippen molar-refractivity contribution in [2.24, 2.45) is 0 Å². The summed E-state index contributed by atoms with van der Waals surface area (Å²) in [6.45, 7) is 6.79. The number of nitrogens with zero attached hydrogens (tertiary/aromatic N) is 1. The molecule has 0 radical (unpaired) electrons. The van der Waals surface area contributed by atoms with E-state index in [9.17, 15) is 9.90 Å². The van der Waals surface area contributed by atoms with Crippen molar-refractivity contribution in [3.05, 3.63) is 22.2 Å². The van der Waals surface area contributed by atoms with Gasteiger partial charge < -0.3 is 15.2 Å². The molecule has 6 heteroatoms. The molecule has 1 aliphatic rings. The maximum Gasteiger partial charge on any atom is 0.256 e. The Morgan fingerprint density at radius 3 is 2.88 bits per heavy atom. The number of nitrogens with one attached hydrogen (secondary N) is 1. The van der Waals surface area contributed by atoms with E-state index in [1.807, 2.05) is 6.92 Å². The number of likely N-dealkylation sites (tertiary alicyclic amines) is 1. The molecule has 1 aliphatic heterocycles. The van der Waals surface area contributed by atoms with E-state index in [2.05, 4.69) is 17.1 Å². The van der Waals surface area contributed by atoms with Crippen molar-refractivity contribution in [3.63, 3.8) is 0 Å². The number of amides is 1. The van der Waals surface area contributed by atoms with Crippen LogP contribution in [0.5, 0.6) is 11.5 Å². The number of aryl methyl sites for hydroxylation is 1. The van der Waals surface area contributed by atoms with Gasteiger partial charge in [0.1, 0.15) is 5.56 Å². The van der Waals surface area contributed by atoms with Crippen LogP contribution in [-0.2, 0) is 6.42 Å². The molecule has 1 atom stereocenters. The summed E-state index contributed by atoms with van der Waals surface area (Å²) in [6.07, 6.45) is 3.81. The second-order valence-electron chi connectivity index (χ2n) is 6.16. The predicted octanol–water partition coefficient (Wildman–Crippen LogP) is 3.22. The normalized spacial score (nSPS) is 17.9. The standard InChI is InChI=1S/C18H27ClN2O3/c1-4-7-12-10-14(22)17(24-3)15(16(12)19)18(23)20-11-13-8-6-9-21(13)5-2/h10,13,22H,4-9,11H2,1-3H3,(H,20,23)/t13-/m0/s1. The van der Waals surface area contributed by atoms with Crippen molar-refractivity contribution in [2.75, 3.05) is 26.7 Å². The second-order valence-corrected chi connectivity index (χ2v) is 6.54. The molecule has 5 nitrogen and oxygen atoms in total. The molecule has 2 rings (SSSR count).